The number of piperazine rings is 1. The number of anilines is 1. The number of carbonyl (C=O) groups is 1. The number of benzene rings is 1. The largest absolute Gasteiger partial charge is 0.366 e. The third-order valence-corrected chi connectivity index (χ3v) is 5.31. The lowest BCUT2D eigenvalue weighted by molar-refractivity contribution is -0.384. The first-order valence-electron chi connectivity index (χ1n) is 9.02. The van der Waals surface area contributed by atoms with Crippen molar-refractivity contribution in [3.05, 3.63) is 33.9 Å². The number of nitrogens with zero attached hydrogens (tertiary/aromatic N) is 3. The SMILES string of the molecule is CC1CCN(c2ccc(C(=O)N3CCNC[C@@H]3C)cc2[N+](=O)[O-])CC1. The smallest absolute Gasteiger partial charge is 0.293 e. The maximum atomic E-state index is 12.8. The lowest BCUT2D eigenvalue weighted by atomic mass is 9.98. The third-order valence-electron chi connectivity index (χ3n) is 5.31. The van der Waals surface area contributed by atoms with Crippen LogP contribution in [0.1, 0.15) is 37.0 Å². The second-order valence-corrected chi connectivity index (χ2v) is 7.18. The molecule has 7 heteroatoms. The molecule has 7 nitrogen and oxygen atoms in total. The van der Waals surface area contributed by atoms with Gasteiger partial charge in [0.15, 0.2) is 0 Å². The molecule has 0 radical (unpaired) electrons. The van der Waals surface area contributed by atoms with E-state index in [9.17, 15) is 14.9 Å². The van der Waals surface area contributed by atoms with E-state index in [0.29, 0.717) is 23.7 Å². The number of rotatable bonds is 3. The van der Waals surface area contributed by atoms with Crippen LogP contribution in [-0.2, 0) is 0 Å². The van der Waals surface area contributed by atoms with E-state index in [2.05, 4.69) is 17.1 Å². The molecule has 1 amide bonds. The van der Waals surface area contributed by atoms with E-state index < -0.39 is 0 Å². The molecule has 2 fully saturated rings. The molecule has 0 saturated carbocycles. The molecular weight excluding hydrogens is 320 g/mol. The quantitative estimate of drug-likeness (QED) is 0.671. The summed E-state index contributed by atoms with van der Waals surface area (Å²) < 4.78 is 0. The van der Waals surface area contributed by atoms with Gasteiger partial charge in [-0.05, 0) is 37.8 Å². The highest BCUT2D eigenvalue weighted by Crippen LogP contribution is 2.32. The fourth-order valence-electron chi connectivity index (χ4n) is 3.63. The Hall–Kier alpha value is -2.15. The predicted octanol–water partition coefficient (Wildman–Crippen LogP) is 2.27. The van der Waals surface area contributed by atoms with Crippen molar-refractivity contribution in [1.82, 2.24) is 10.2 Å². The second kappa shape index (κ2) is 7.39. The fraction of sp³-hybridized carbons (Fsp3) is 0.611. The Bertz CT molecular complexity index is 656. The third kappa shape index (κ3) is 3.76. The van der Waals surface area contributed by atoms with Crippen LogP contribution < -0.4 is 10.2 Å². The summed E-state index contributed by atoms with van der Waals surface area (Å²) in [5.41, 5.74) is 1.06. The van der Waals surface area contributed by atoms with Crippen LogP contribution in [0.25, 0.3) is 0 Å². The normalized spacial score (nSPS) is 22.1. The van der Waals surface area contributed by atoms with Crippen LogP contribution in [0.5, 0.6) is 0 Å². The van der Waals surface area contributed by atoms with Crippen LogP contribution in [0.3, 0.4) is 0 Å². The number of hydrogen-bond donors (Lipinski definition) is 1. The molecular formula is C18H26N4O3. The number of amides is 1. The topological polar surface area (TPSA) is 78.7 Å². The molecule has 1 aromatic rings. The molecule has 2 aliphatic rings. The van der Waals surface area contributed by atoms with E-state index >= 15 is 0 Å². The Morgan fingerprint density at radius 1 is 1.24 bits per heavy atom. The highest BCUT2D eigenvalue weighted by molar-refractivity contribution is 5.96. The second-order valence-electron chi connectivity index (χ2n) is 7.18. The van der Waals surface area contributed by atoms with Crippen molar-refractivity contribution in [2.24, 2.45) is 5.92 Å². The lowest BCUT2D eigenvalue weighted by Crippen LogP contribution is -2.52. The molecule has 1 aromatic carbocycles. The fourth-order valence-corrected chi connectivity index (χ4v) is 3.63. The maximum Gasteiger partial charge on any atom is 0.293 e. The molecule has 1 N–H and O–H groups in total. The molecule has 136 valence electrons. The molecule has 0 aliphatic carbocycles. The first-order chi connectivity index (χ1) is 12.0. The van der Waals surface area contributed by atoms with Crippen LogP contribution in [0.4, 0.5) is 11.4 Å². The van der Waals surface area contributed by atoms with Gasteiger partial charge >= 0.3 is 0 Å². The molecule has 0 spiro atoms. The van der Waals surface area contributed by atoms with Gasteiger partial charge in [-0.3, -0.25) is 14.9 Å². The summed E-state index contributed by atoms with van der Waals surface area (Å²) in [7, 11) is 0. The summed E-state index contributed by atoms with van der Waals surface area (Å²) in [6, 6.07) is 5.01. The molecule has 0 unspecified atom stereocenters. The van der Waals surface area contributed by atoms with Gasteiger partial charge in [0.2, 0.25) is 0 Å². The highest BCUT2D eigenvalue weighted by atomic mass is 16.6. The van der Waals surface area contributed by atoms with Crippen molar-refractivity contribution in [2.75, 3.05) is 37.6 Å². The number of nitrogens with one attached hydrogen (secondary N) is 1. The number of carbonyl (C=O) groups excluding carboxylic acids is 1. The Morgan fingerprint density at radius 2 is 1.96 bits per heavy atom. The van der Waals surface area contributed by atoms with E-state index in [4.69, 9.17) is 0 Å². The number of nitro groups is 1. The minimum absolute atomic E-state index is 0.0307. The zero-order chi connectivity index (χ0) is 18.0. The zero-order valence-electron chi connectivity index (χ0n) is 14.9. The van der Waals surface area contributed by atoms with Crippen molar-refractivity contribution < 1.29 is 9.72 Å². The van der Waals surface area contributed by atoms with Gasteiger partial charge in [-0.15, -0.1) is 0 Å². The van der Waals surface area contributed by atoms with Crippen LogP contribution in [-0.4, -0.2) is 54.5 Å². The van der Waals surface area contributed by atoms with Crippen molar-refractivity contribution in [3.8, 4) is 0 Å². The summed E-state index contributed by atoms with van der Waals surface area (Å²) in [5, 5.41) is 14.8. The van der Waals surface area contributed by atoms with Gasteiger partial charge in [-0.2, -0.15) is 0 Å². The maximum absolute atomic E-state index is 12.8. The van der Waals surface area contributed by atoms with Gasteiger partial charge in [0, 0.05) is 50.4 Å². The van der Waals surface area contributed by atoms with Gasteiger partial charge < -0.3 is 15.1 Å². The standard InChI is InChI=1S/C18H26N4O3/c1-13-5-8-20(9-6-13)16-4-3-15(11-17(16)22(24)25)18(23)21-10-7-19-12-14(21)2/h3-4,11,13-14,19H,5-10,12H2,1-2H3/t14-/m0/s1. The molecule has 0 aromatic heterocycles. The summed E-state index contributed by atoms with van der Waals surface area (Å²) in [6.07, 6.45) is 2.08. The van der Waals surface area contributed by atoms with Gasteiger partial charge in [0.05, 0.1) is 4.92 Å². The Labute approximate surface area is 148 Å². The molecule has 2 saturated heterocycles. The number of hydrogen-bond acceptors (Lipinski definition) is 5. The minimum Gasteiger partial charge on any atom is -0.366 e. The van der Waals surface area contributed by atoms with Gasteiger partial charge in [-0.1, -0.05) is 6.92 Å². The van der Waals surface area contributed by atoms with Gasteiger partial charge in [-0.25, -0.2) is 0 Å². The highest BCUT2D eigenvalue weighted by Gasteiger charge is 2.28. The van der Waals surface area contributed by atoms with Crippen LogP contribution in [0.15, 0.2) is 18.2 Å². The van der Waals surface area contributed by atoms with E-state index in [1.54, 1.807) is 17.0 Å². The van der Waals surface area contributed by atoms with E-state index in [1.807, 2.05) is 6.92 Å². The van der Waals surface area contributed by atoms with Crippen molar-refractivity contribution >= 4 is 17.3 Å². The van der Waals surface area contributed by atoms with E-state index in [1.165, 1.54) is 6.07 Å². The summed E-state index contributed by atoms with van der Waals surface area (Å²) in [4.78, 5) is 27.9. The Morgan fingerprint density at radius 3 is 2.60 bits per heavy atom. The number of nitro benzene ring substituents is 1. The predicted molar refractivity (Wildman–Crippen MR) is 97.1 cm³/mol. The molecule has 1 atom stereocenters. The van der Waals surface area contributed by atoms with Crippen LogP contribution >= 0.6 is 0 Å². The average molecular weight is 346 g/mol. The van der Waals surface area contributed by atoms with E-state index in [-0.39, 0.29) is 22.6 Å². The molecule has 3 rings (SSSR count). The molecule has 0 bridgehead atoms. The van der Waals surface area contributed by atoms with E-state index in [0.717, 1.165) is 39.0 Å². The Balaban J connectivity index is 1.86. The monoisotopic (exact) mass is 346 g/mol. The first kappa shape index (κ1) is 17.7. The first-order valence-corrected chi connectivity index (χ1v) is 9.02. The Kier molecular flexibility index (Phi) is 5.22. The zero-order valence-corrected chi connectivity index (χ0v) is 14.9. The summed E-state index contributed by atoms with van der Waals surface area (Å²) >= 11 is 0. The lowest BCUT2D eigenvalue weighted by Gasteiger charge is -2.34. The average Bonchev–Trinajstić information content (AvgIpc) is 2.62. The van der Waals surface area contributed by atoms with Gasteiger partial charge in [0.25, 0.3) is 11.6 Å². The van der Waals surface area contributed by atoms with Crippen LogP contribution in [0, 0.1) is 16.0 Å². The molecule has 25 heavy (non-hydrogen) atoms. The summed E-state index contributed by atoms with van der Waals surface area (Å²) in [6.45, 7) is 7.97. The van der Waals surface area contributed by atoms with Crippen LogP contribution in [0.2, 0.25) is 0 Å². The summed E-state index contributed by atoms with van der Waals surface area (Å²) in [5.74, 6) is 0.529. The van der Waals surface area contributed by atoms with Crippen molar-refractivity contribution in [2.45, 2.75) is 32.7 Å². The van der Waals surface area contributed by atoms with Gasteiger partial charge in [0.1, 0.15) is 5.69 Å². The molecule has 2 heterocycles. The molecule has 2 aliphatic heterocycles. The number of piperidine rings is 1. The minimum atomic E-state index is -0.370. The van der Waals surface area contributed by atoms with Crippen molar-refractivity contribution in [1.29, 1.82) is 0 Å². The van der Waals surface area contributed by atoms with Crippen molar-refractivity contribution in [3.63, 3.8) is 0 Å².